The lowest BCUT2D eigenvalue weighted by molar-refractivity contribution is -0.122. The first-order valence-electron chi connectivity index (χ1n) is 12.1. The maximum absolute atomic E-state index is 13.5. The molecule has 10 heteroatoms. The number of rotatable bonds is 10. The molecule has 1 amide bonds. The van der Waals surface area contributed by atoms with Gasteiger partial charge in [0.1, 0.15) is 15.8 Å². The van der Waals surface area contributed by atoms with Gasteiger partial charge in [-0.3, -0.25) is 18.9 Å². The Labute approximate surface area is 225 Å². The number of amides is 1. The number of nitrogens with one attached hydrogen (secondary N) is 1. The summed E-state index contributed by atoms with van der Waals surface area (Å²) in [5.74, 6) is 1.54. The molecule has 8 nitrogen and oxygen atoms in total. The summed E-state index contributed by atoms with van der Waals surface area (Å²) in [6.07, 6.45) is 5.84. The summed E-state index contributed by atoms with van der Waals surface area (Å²) in [6.45, 7) is 5.11. The first-order valence-corrected chi connectivity index (χ1v) is 13.3. The highest BCUT2D eigenvalue weighted by Crippen LogP contribution is 2.34. The Morgan fingerprint density at radius 1 is 1.16 bits per heavy atom. The lowest BCUT2D eigenvalue weighted by Crippen LogP contribution is -2.30. The van der Waals surface area contributed by atoms with Crippen LogP contribution in [-0.2, 0) is 11.2 Å². The molecule has 1 aromatic carbocycles. The first-order chi connectivity index (χ1) is 17.9. The topological polar surface area (TPSA) is 85.2 Å². The molecule has 0 radical (unpaired) electrons. The predicted octanol–water partition coefficient (Wildman–Crippen LogP) is 4.68. The molecule has 194 valence electrons. The predicted molar refractivity (Wildman–Crippen MR) is 153 cm³/mol. The van der Waals surface area contributed by atoms with E-state index in [9.17, 15) is 9.59 Å². The number of thiocarbonyl (C=S) groups is 1. The summed E-state index contributed by atoms with van der Waals surface area (Å²) in [7, 11) is 3.18. The second kappa shape index (κ2) is 11.8. The van der Waals surface area contributed by atoms with Crippen LogP contribution in [0.3, 0.4) is 0 Å². The monoisotopic (exact) mass is 538 g/mol. The highest BCUT2D eigenvalue weighted by atomic mass is 32.2. The normalized spacial score (nSPS) is 14.6. The molecule has 0 saturated carbocycles. The van der Waals surface area contributed by atoms with Gasteiger partial charge < -0.3 is 14.8 Å². The van der Waals surface area contributed by atoms with Crippen molar-refractivity contribution in [1.29, 1.82) is 0 Å². The number of unbranched alkanes of at least 4 members (excludes halogenated alkanes) is 1. The van der Waals surface area contributed by atoms with Gasteiger partial charge in [-0.05, 0) is 55.2 Å². The van der Waals surface area contributed by atoms with Crippen LogP contribution in [0.4, 0.5) is 5.82 Å². The molecule has 0 atom stereocenters. The van der Waals surface area contributed by atoms with Crippen molar-refractivity contribution in [3.63, 3.8) is 0 Å². The standard InChI is InChI=1S/C27H30N4O4S2/c1-5-6-12-28-23-19(25(32)30-13-7-8-17(2)24(30)29-23)16-22-26(33)31(27(36)37-22)14-11-18-9-10-20(34-3)21(15-18)35-4/h7-10,13,15-16,28H,5-6,11-12,14H2,1-4H3. The molecule has 1 fully saturated rings. The summed E-state index contributed by atoms with van der Waals surface area (Å²) in [6, 6.07) is 9.40. The van der Waals surface area contributed by atoms with Gasteiger partial charge in [-0.25, -0.2) is 4.98 Å². The lowest BCUT2D eigenvalue weighted by atomic mass is 10.1. The Balaban J connectivity index is 1.62. The fourth-order valence-corrected chi connectivity index (χ4v) is 5.35. The van der Waals surface area contributed by atoms with E-state index < -0.39 is 0 Å². The van der Waals surface area contributed by atoms with Crippen LogP contribution < -0.4 is 20.3 Å². The zero-order valence-electron chi connectivity index (χ0n) is 21.4. The van der Waals surface area contributed by atoms with E-state index in [1.807, 2.05) is 37.3 Å². The molecule has 1 N–H and O–H groups in total. The number of benzene rings is 1. The molecule has 0 aliphatic carbocycles. The highest BCUT2D eigenvalue weighted by Gasteiger charge is 2.32. The number of aromatic nitrogens is 2. The van der Waals surface area contributed by atoms with Gasteiger partial charge >= 0.3 is 0 Å². The quantitative estimate of drug-likeness (QED) is 0.226. The van der Waals surface area contributed by atoms with Gasteiger partial charge in [0.2, 0.25) is 0 Å². The molecule has 0 bridgehead atoms. The molecule has 4 rings (SSSR count). The van der Waals surface area contributed by atoms with Crippen molar-refractivity contribution >= 4 is 51.7 Å². The van der Waals surface area contributed by atoms with Crippen LogP contribution in [0, 0.1) is 6.92 Å². The number of pyridine rings is 1. The number of hydrogen-bond acceptors (Lipinski definition) is 8. The van der Waals surface area contributed by atoms with Gasteiger partial charge in [-0.15, -0.1) is 0 Å². The molecular weight excluding hydrogens is 508 g/mol. The second-order valence-electron chi connectivity index (χ2n) is 8.62. The summed E-state index contributed by atoms with van der Waals surface area (Å²) in [5, 5.41) is 3.29. The van der Waals surface area contributed by atoms with Gasteiger partial charge in [0.25, 0.3) is 11.5 Å². The van der Waals surface area contributed by atoms with E-state index in [1.54, 1.807) is 31.4 Å². The smallest absolute Gasteiger partial charge is 0.267 e. The molecule has 0 unspecified atom stereocenters. The van der Waals surface area contributed by atoms with Crippen LogP contribution in [0.5, 0.6) is 11.5 Å². The third kappa shape index (κ3) is 5.65. The van der Waals surface area contributed by atoms with Crippen molar-refractivity contribution in [1.82, 2.24) is 14.3 Å². The number of hydrogen-bond donors (Lipinski definition) is 1. The van der Waals surface area contributed by atoms with E-state index in [1.165, 1.54) is 16.2 Å². The molecule has 0 spiro atoms. The fraction of sp³-hybridized carbons (Fsp3) is 0.333. The van der Waals surface area contributed by atoms with Crippen LogP contribution in [0.1, 0.15) is 36.5 Å². The number of thioether (sulfide) groups is 1. The summed E-state index contributed by atoms with van der Waals surface area (Å²) >= 11 is 6.73. The Kier molecular flexibility index (Phi) is 8.50. The van der Waals surface area contributed by atoms with E-state index >= 15 is 0 Å². The number of methoxy groups -OCH3 is 2. The Hall–Kier alpha value is -3.37. The largest absolute Gasteiger partial charge is 0.493 e. The average molecular weight is 539 g/mol. The summed E-state index contributed by atoms with van der Waals surface area (Å²) < 4.78 is 12.7. The van der Waals surface area contributed by atoms with E-state index in [-0.39, 0.29) is 11.5 Å². The third-order valence-corrected chi connectivity index (χ3v) is 7.51. The van der Waals surface area contributed by atoms with Crippen molar-refractivity contribution < 1.29 is 14.3 Å². The van der Waals surface area contributed by atoms with E-state index in [0.717, 1.165) is 24.0 Å². The molecule has 2 aromatic heterocycles. The molecule has 3 aromatic rings. The van der Waals surface area contributed by atoms with Crippen LogP contribution >= 0.6 is 24.0 Å². The number of fused-ring (bicyclic) bond motifs is 1. The summed E-state index contributed by atoms with van der Waals surface area (Å²) in [5.41, 5.74) is 2.59. The van der Waals surface area contributed by atoms with Crippen LogP contribution in [0.25, 0.3) is 11.7 Å². The maximum Gasteiger partial charge on any atom is 0.267 e. The van der Waals surface area contributed by atoms with Gasteiger partial charge in [0, 0.05) is 19.3 Å². The molecule has 1 aliphatic rings. The van der Waals surface area contributed by atoms with Crippen molar-refractivity contribution in [3.05, 3.63) is 68.5 Å². The third-order valence-electron chi connectivity index (χ3n) is 6.13. The SMILES string of the molecule is CCCCNc1nc2c(C)cccn2c(=O)c1C=C1SC(=S)N(CCc2ccc(OC)c(OC)c2)C1=O. The van der Waals surface area contributed by atoms with E-state index in [4.69, 9.17) is 26.7 Å². The van der Waals surface area contributed by atoms with Crippen LogP contribution in [0.15, 0.2) is 46.2 Å². The molecule has 1 aliphatic heterocycles. The minimum absolute atomic E-state index is 0.219. The van der Waals surface area contributed by atoms with Crippen molar-refractivity contribution in [2.75, 3.05) is 32.6 Å². The molecular formula is C27H30N4O4S2. The Bertz CT molecular complexity index is 1430. The number of anilines is 1. The van der Waals surface area contributed by atoms with Gasteiger partial charge in [0.15, 0.2) is 11.5 Å². The molecule has 3 heterocycles. The van der Waals surface area contributed by atoms with Gasteiger partial charge in [0.05, 0.1) is 24.7 Å². The van der Waals surface area contributed by atoms with Crippen molar-refractivity contribution in [2.45, 2.75) is 33.1 Å². The van der Waals surface area contributed by atoms with Crippen molar-refractivity contribution in [2.24, 2.45) is 0 Å². The average Bonchev–Trinajstić information content (AvgIpc) is 3.17. The van der Waals surface area contributed by atoms with Gasteiger partial charge in [-0.2, -0.15) is 0 Å². The minimum Gasteiger partial charge on any atom is -0.493 e. The number of carbonyl (C=O) groups excluding carboxylic acids is 1. The number of aryl methyl sites for hydroxylation is 1. The summed E-state index contributed by atoms with van der Waals surface area (Å²) in [4.78, 5) is 33.5. The molecule has 37 heavy (non-hydrogen) atoms. The van der Waals surface area contributed by atoms with E-state index in [2.05, 4.69) is 12.2 Å². The first kappa shape index (κ1) is 26.7. The molecule has 1 saturated heterocycles. The minimum atomic E-state index is -0.233. The highest BCUT2D eigenvalue weighted by molar-refractivity contribution is 8.26. The second-order valence-corrected chi connectivity index (χ2v) is 10.3. The van der Waals surface area contributed by atoms with E-state index in [0.29, 0.717) is 57.3 Å². The van der Waals surface area contributed by atoms with Crippen LogP contribution in [0.2, 0.25) is 0 Å². The maximum atomic E-state index is 13.5. The number of nitrogens with zero attached hydrogens (tertiary/aromatic N) is 3. The Morgan fingerprint density at radius 2 is 1.95 bits per heavy atom. The van der Waals surface area contributed by atoms with Crippen LogP contribution in [-0.4, -0.2) is 51.8 Å². The zero-order valence-corrected chi connectivity index (χ0v) is 23.0. The van der Waals surface area contributed by atoms with Gasteiger partial charge in [-0.1, -0.05) is 49.5 Å². The number of carbonyl (C=O) groups is 1. The zero-order chi connectivity index (χ0) is 26.5. The Morgan fingerprint density at radius 3 is 2.68 bits per heavy atom. The number of ether oxygens (including phenoxy) is 2. The lowest BCUT2D eigenvalue weighted by Gasteiger charge is -2.15. The fourth-order valence-electron chi connectivity index (χ4n) is 4.06. The van der Waals surface area contributed by atoms with Crippen molar-refractivity contribution in [3.8, 4) is 11.5 Å².